The molecule has 0 radical (unpaired) electrons. The summed E-state index contributed by atoms with van der Waals surface area (Å²) in [7, 11) is -1.59. The van der Waals surface area contributed by atoms with E-state index in [1.54, 1.807) is 0 Å². The summed E-state index contributed by atoms with van der Waals surface area (Å²) in [4.78, 5) is 0. The van der Waals surface area contributed by atoms with Gasteiger partial charge in [0, 0.05) is 5.54 Å². The van der Waals surface area contributed by atoms with E-state index in [1.807, 2.05) is 0 Å². The molecule has 19 heavy (non-hydrogen) atoms. The van der Waals surface area contributed by atoms with Crippen molar-refractivity contribution in [1.29, 1.82) is 0 Å². The van der Waals surface area contributed by atoms with Gasteiger partial charge in [0.2, 0.25) is 0 Å². The zero-order valence-electron chi connectivity index (χ0n) is 12.1. The van der Waals surface area contributed by atoms with E-state index >= 15 is 0 Å². The van der Waals surface area contributed by atoms with Gasteiger partial charge in [-0.1, -0.05) is 84.5 Å². The largest absolute Gasteiger partial charge is 0.103 e. The first-order valence-electron chi connectivity index (χ1n) is 6.80. The molecule has 2 aromatic carbocycles. The SMILES string of the molecule is C=C[C@@H](c1ccc(C)cc1)[Si](C)(C)c1ccccc1. The van der Waals surface area contributed by atoms with E-state index < -0.39 is 8.07 Å². The number of hydrogen-bond acceptors (Lipinski definition) is 0. The number of allylic oxidation sites excluding steroid dienone is 1. The molecule has 2 rings (SSSR count). The topological polar surface area (TPSA) is 0 Å². The third-order valence-corrected chi connectivity index (χ3v) is 7.91. The molecule has 1 atom stereocenters. The molecule has 0 bridgehead atoms. The van der Waals surface area contributed by atoms with Crippen LogP contribution in [-0.4, -0.2) is 8.07 Å². The monoisotopic (exact) mass is 266 g/mol. The standard InChI is InChI=1S/C18H22Si/c1-5-18(16-13-11-15(2)12-14-16)19(3,4)17-9-7-6-8-10-17/h5-14,18H,1H2,2-4H3/t18-/m0/s1. The van der Waals surface area contributed by atoms with Crippen LogP contribution < -0.4 is 5.19 Å². The first-order chi connectivity index (χ1) is 9.05. The molecule has 0 nitrogen and oxygen atoms in total. The molecule has 0 amide bonds. The maximum absolute atomic E-state index is 4.09. The van der Waals surface area contributed by atoms with Crippen LogP contribution in [0.1, 0.15) is 16.7 Å². The molecular weight excluding hydrogens is 244 g/mol. The Labute approximate surface area is 117 Å². The molecule has 0 aliphatic carbocycles. The highest BCUT2D eigenvalue weighted by atomic mass is 28.3. The minimum Gasteiger partial charge on any atom is -0.103 e. The molecule has 1 heteroatoms. The van der Waals surface area contributed by atoms with E-state index in [1.165, 1.54) is 16.3 Å². The van der Waals surface area contributed by atoms with Crippen LogP contribution in [0.2, 0.25) is 13.1 Å². The molecule has 0 fully saturated rings. The highest BCUT2D eigenvalue weighted by Gasteiger charge is 2.32. The fourth-order valence-corrected chi connectivity index (χ4v) is 5.69. The average Bonchev–Trinajstić information content (AvgIpc) is 2.42. The van der Waals surface area contributed by atoms with Gasteiger partial charge in [-0.2, -0.15) is 0 Å². The Morgan fingerprint density at radius 2 is 1.53 bits per heavy atom. The van der Waals surface area contributed by atoms with Crippen LogP contribution in [0, 0.1) is 6.92 Å². The smallest absolute Gasteiger partial charge is 0.0919 e. The van der Waals surface area contributed by atoms with E-state index in [2.05, 4.69) is 87.3 Å². The molecular formula is C18H22Si. The Bertz CT molecular complexity index is 538. The van der Waals surface area contributed by atoms with Crippen molar-refractivity contribution in [3.8, 4) is 0 Å². The Hall–Kier alpha value is -1.60. The Morgan fingerprint density at radius 3 is 2.05 bits per heavy atom. The van der Waals surface area contributed by atoms with Gasteiger partial charge in [-0.3, -0.25) is 0 Å². The lowest BCUT2D eigenvalue weighted by atomic mass is 10.1. The van der Waals surface area contributed by atoms with E-state index in [4.69, 9.17) is 0 Å². The molecule has 0 aliphatic rings. The zero-order chi connectivity index (χ0) is 13.9. The van der Waals surface area contributed by atoms with Gasteiger partial charge < -0.3 is 0 Å². The Balaban J connectivity index is 2.41. The summed E-state index contributed by atoms with van der Waals surface area (Å²) in [5, 5.41) is 1.49. The molecule has 0 aliphatic heterocycles. The molecule has 0 aromatic heterocycles. The molecule has 0 N–H and O–H groups in total. The lowest BCUT2D eigenvalue weighted by Gasteiger charge is -2.31. The summed E-state index contributed by atoms with van der Waals surface area (Å²) in [6, 6.07) is 19.8. The minimum atomic E-state index is -1.59. The van der Waals surface area contributed by atoms with Crippen LogP contribution in [0.15, 0.2) is 67.3 Å². The van der Waals surface area contributed by atoms with Crippen molar-refractivity contribution < 1.29 is 0 Å². The second kappa shape index (κ2) is 5.58. The lowest BCUT2D eigenvalue weighted by Crippen LogP contribution is -2.46. The van der Waals surface area contributed by atoms with Crippen molar-refractivity contribution in [3.63, 3.8) is 0 Å². The lowest BCUT2D eigenvalue weighted by molar-refractivity contribution is 1.14. The molecule has 0 heterocycles. The summed E-state index contributed by atoms with van der Waals surface area (Å²) in [6.07, 6.45) is 2.13. The van der Waals surface area contributed by atoms with E-state index in [-0.39, 0.29) is 0 Å². The second-order valence-corrected chi connectivity index (χ2v) is 10.4. The van der Waals surface area contributed by atoms with Gasteiger partial charge in [-0.25, -0.2) is 0 Å². The van der Waals surface area contributed by atoms with Crippen LogP contribution >= 0.6 is 0 Å². The Kier molecular flexibility index (Phi) is 4.06. The molecule has 0 saturated carbocycles. The van der Waals surface area contributed by atoms with Crippen molar-refractivity contribution in [1.82, 2.24) is 0 Å². The maximum atomic E-state index is 4.09. The van der Waals surface area contributed by atoms with Crippen molar-refractivity contribution in [2.24, 2.45) is 0 Å². The van der Waals surface area contributed by atoms with Gasteiger partial charge in [0.1, 0.15) is 0 Å². The van der Waals surface area contributed by atoms with Crippen LogP contribution in [0.3, 0.4) is 0 Å². The molecule has 0 saturated heterocycles. The van der Waals surface area contributed by atoms with E-state index in [0.717, 1.165) is 0 Å². The van der Waals surface area contributed by atoms with Crippen LogP contribution in [-0.2, 0) is 0 Å². The predicted molar refractivity (Wildman–Crippen MR) is 87.7 cm³/mol. The Morgan fingerprint density at radius 1 is 0.947 bits per heavy atom. The summed E-state index contributed by atoms with van der Waals surface area (Å²) >= 11 is 0. The fraction of sp³-hybridized carbons (Fsp3) is 0.222. The molecule has 2 aromatic rings. The first-order valence-corrected chi connectivity index (χ1v) is 9.88. The van der Waals surface area contributed by atoms with Crippen molar-refractivity contribution in [2.75, 3.05) is 0 Å². The number of hydrogen-bond donors (Lipinski definition) is 0. The third-order valence-electron chi connectivity index (χ3n) is 3.97. The molecule has 0 spiro atoms. The van der Waals surface area contributed by atoms with Gasteiger partial charge in [0.15, 0.2) is 0 Å². The van der Waals surface area contributed by atoms with Gasteiger partial charge in [0.05, 0.1) is 8.07 Å². The number of benzene rings is 2. The zero-order valence-corrected chi connectivity index (χ0v) is 13.1. The maximum Gasteiger partial charge on any atom is 0.0919 e. The van der Waals surface area contributed by atoms with Gasteiger partial charge in [0.25, 0.3) is 0 Å². The summed E-state index contributed by atoms with van der Waals surface area (Å²) in [5.41, 5.74) is 3.15. The summed E-state index contributed by atoms with van der Waals surface area (Å²) in [5.74, 6) is 0. The summed E-state index contributed by atoms with van der Waals surface area (Å²) in [6.45, 7) is 11.1. The molecule has 0 unspecified atom stereocenters. The first kappa shape index (κ1) is 13.8. The fourth-order valence-electron chi connectivity index (χ4n) is 2.67. The number of aryl methyl sites for hydroxylation is 1. The van der Waals surface area contributed by atoms with Crippen LogP contribution in [0.25, 0.3) is 0 Å². The highest BCUT2D eigenvalue weighted by Crippen LogP contribution is 2.28. The van der Waals surface area contributed by atoms with Crippen molar-refractivity contribution in [2.45, 2.75) is 25.6 Å². The highest BCUT2D eigenvalue weighted by molar-refractivity contribution is 6.91. The van der Waals surface area contributed by atoms with Crippen LogP contribution in [0.4, 0.5) is 0 Å². The quantitative estimate of drug-likeness (QED) is 0.567. The third kappa shape index (κ3) is 2.87. The van der Waals surface area contributed by atoms with Crippen molar-refractivity contribution in [3.05, 3.63) is 78.4 Å². The normalized spacial score (nSPS) is 13.0. The van der Waals surface area contributed by atoms with Gasteiger partial charge in [-0.05, 0) is 12.5 Å². The molecule has 98 valence electrons. The summed E-state index contributed by atoms with van der Waals surface area (Å²) < 4.78 is 0. The van der Waals surface area contributed by atoms with Gasteiger partial charge in [-0.15, -0.1) is 6.58 Å². The van der Waals surface area contributed by atoms with Crippen LogP contribution in [0.5, 0.6) is 0 Å². The predicted octanol–water partition coefficient (Wildman–Crippen LogP) is 4.42. The van der Waals surface area contributed by atoms with Crippen molar-refractivity contribution >= 4 is 13.3 Å². The average molecular weight is 266 g/mol. The number of rotatable bonds is 4. The van der Waals surface area contributed by atoms with Gasteiger partial charge >= 0.3 is 0 Å². The van der Waals surface area contributed by atoms with E-state index in [9.17, 15) is 0 Å². The van der Waals surface area contributed by atoms with E-state index in [0.29, 0.717) is 5.54 Å². The minimum absolute atomic E-state index is 0.454. The second-order valence-electron chi connectivity index (χ2n) is 5.71.